The highest BCUT2D eigenvalue weighted by molar-refractivity contribution is 8.13. The Kier molecular flexibility index (Phi) is 3.87. The standard InChI is InChI=1S/C7H10ClN3O4S/c1-3-5-9-10-7(16(8,13)14)11(5)4-6(12)15-2/h3-4H2,1-2H3. The SMILES string of the molecule is CCc1nnc(S(=O)(=O)Cl)n1CC(=O)OC. The summed E-state index contributed by atoms with van der Waals surface area (Å²) >= 11 is 0. The van der Waals surface area contributed by atoms with Gasteiger partial charge in [0.15, 0.2) is 0 Å². The number of esters is 1. The van der Waals surface area contributed by atoms with E-state index in [4.69, 9.17) is 10.7 Å². The van der Waals surface area contributed by atoms with Crippen LogP contribution >= 0.6 is 10.7 Å². The van der Waals surface area contributed by atoms with Crippen molar-refractivity contribution in [1.82, 2.24) is 14.8 Å². The van der Waals surface area contributed by atoms with E-state index in [1.807, 2.05) is 0 Å². The quantitative estimate of drug-likeness (QED) is 0.561. The normalized spacial score (nSPS) is 11.4. The van der Waals surface area contributed by atoms with Crippen LogP contribution < -0.4 is 0 Å². The van der Waals surface area contributed by atoms with Gasteiger partial charge in [-0.15, -0.1) is 10.2 Å². The molecule has 0 spiro atoms. The lowest BCUT2D eigenvalue weighted by Crippen LogP contribution is -2.17. The number of carbonyl (C=O) groups is 1. The van der Waals surface area contributed by atoms with Crippen molar-refractivity contribution < 1.29 is 17.9 Å². The molecule has 0 amide bonds. The Morgan fingerprint density at radius 3 is 2.56 bits per heavy atom. The summed E-state index contributed by atoms with van der Waals surface area (Å²) in [7, 11) is 2.34. The zero-order valence-corrected chi connectivity index (χ0v) is 10.2. The lowest BCUT2D eigenvalue weighted by Gasteiger charge is -2.05. The second-order valence-electron chi connectivity index (χ2n) is 2.85. The summed E-state index contributed by atoms with van der Waals surface area (Å²) in [6, 6.07) is 0. The highest BCUT2D eigenvalue weighted by Gasteiger charge is 2.23. The van der Waals surface area contributed by atoms with Gasteiger partial charge in [0.25, 0.3) is 14.2 Å². The van der Waals surface area contributed by atoms with Crippen molar-refractivity contribution in [1.29, 1.82) is 0 Å². The molecule has 16 heavy (non-hydrogen) atoms. The summed E-state index contributed by atoms with van der Waals surface area (Å²) in [5.74, 6) is -0.249. The largest absolute Gasteiger partial charge is 0.468 e. The maximum Gasteiger partial charge on any atom is 0.325 e. The summed E-state index contributed by atoms with van der Waals surface area (Å²) in [5, 5.41) is 6.61. The Balaban J connectivity index is 3.22. The molecule has 0 N–H and O–H groups in total. The number of aromatic nitrogens is 3. The molecule has 7 nitrogen and oxygen atoms in total. The van der Waals surface area contributed by atoms with Gasteiger partial charge in [0, 0.05) is 17.1 Å². The van der Waals surface area contributed by atoms with Crippen molar-refractivity contribution >= 4 is 25.7 Å². The molecule has 1 aromatic heterocycles. The molecule has 0 radical (unpaired) electrons. The molecule has 90 valence electrons. The van der Waals surface area contributed by atoms with Crippen molar-refractivity contribution in [2.75, 3.05) is 7.11 Å². The number of methoxy groups -OCH3 is 1. The number of hydrogen-bond acceptors (Lipinski definition) is 6. The Morgan fingerprint density at radius 2 is 2.12 bits per heavy atom. The van der Waals surface area contributed by atoms with Gasteiger partial charge >= 0.3 is 5.97 Å². The van der Waals surface area contributed by atoms with Crippen LogP contribution in [0.25, 0.3) is 0 Å². The van der Waals surface area contributed by atoms with E-state index < -0.39 is 20.2 Å². The molecule has 0 saturated carbocycles. The molecule has 1 rings (SSSR count). The smallest absolute Gasteiger partial charge is 0.325 e. The van der Waals surface area contributed by atoms with E-state index in [9.17, 15) is 13.2 Å². The third kappa shape index (κ3) is 2.70. The molecule has 1 heterocycles. The fraction of sp³-hybridized carbons (Fsp3) is 0.571. The molecular weight excluding hydrogens is 258 g/mol. The van der Waals surface area contributed by atoms with Crippen LogP contribution in [-0.4, -0.2) is 36.3 Å². The predicted octanol–water partition coefficient (Wildman–Crippen LogP) is -0.0590. The number of carbonyl (C=O) groups excluding carboxylic acids is 1. The number of rotatable bonds is 4. The fourth-order valence-electron chi connectivity index (χ4n) is 1.11. The fourth-order valence-corrected chi connectivity index (χ4v) is 2.03. The second-order valence-corrected chi connectivity index (χ2v) is 5.31. The molecular formula is C7H10ClN3O4S. The molecule has 0 aliphatic rings. The van der Waals surface area contributed by atoms with E-state index in [0.717, 1.165) is 4.57 Å². The molecule has 0 unspecified atom stereocenters. The summed E-state index contributed by atoms with van der Waals surface area (Å²) in [4.78, 5) is 11.1. The van der Waals surface area contributed by atoms with Crippen LogP contribution in [0, 0.1) is 0 Å². The number of ether oxygens (including phenoxy) is 1. The van der Waals surface area contributed by atoms with Crippen molar-refractivity contribution in [2.24, 2.45) is 0 Å². The first-order valence-corrected chi connectivity index (χ1v) is 6.64. The number of halogens is 1. The first kappa shape index (κ1) is 12.9. The summed E-state index contributed by atoms with van der Waals surface area (Å²) in [5.41, 5.74) is 0. The average molecular weight is 268 g/mol. The van der Waals surface area contributed by atoms with Gasteiger partial charge in [-0.1, -0.05) is 6.92 Å². The van der Waals surface area contributed by atoms with Crippen LogP contribution in [0.1, 0.15) is 12.7 Å². The van der Waals surface area contributed by atoms with Crippen molar-refractivity contribution in [3.8, 4) is 0 Å². The van der Waals surface area contributed by atoms with Crippen LogP contribution in [0.15, 0.2) is 5.16 Å². The zero-order chi connectivity index (χ0) is 12.3. The zero-order valence-electron chi connectivity index (χ0n) is 8.68. The van der Waals surface area contributed by atoms with Crippen molar-refractivity contribution in [3.63, 3.8) is 0 Å². The van der Waals surface area contributed by atoms with Gasteiger partial charge in [0.05, 0.1) is 7.11 Å². The molecule has 0 aromatic carbocycles. The summed E-state index contributed by atoms with van der Waals surface area (Å²) < 4.78 is 27.8. The van der Waals surface area contributed by atoms with Crippen LogP contribution in [-0.2, 0) is 31.5 Å². The predicted molar refractivity (Wildman–Crippen MR) is 54.5 cm³/mol. The van der Waals surface area contributed by atoms with Gasteiger partial charge in [-0.25, -0.2) is 8.42 Å². The minimum Gasteiger partial charge on any atom is -0.468 e. The Hall–Kier alpha value is -1.15. The highest BCUT2D eigenvalue weighted by Crippen LogP contribution is 2.14. The van der Waals surface area contributed by atoms with Crippen LogP contribution in [0.2, 0.25) is 0 Å². The maximum atomic E-state index is 11.1. The second kappa shape index (κ2) is 4.79. The summed E-state index contributed by atoms with van der Waals surface area (Å²) in [6.07, 6.45) is 0.427. The molecule has 0 saturated heterocycles. The van der Waals surface area contributed by atoms with E-state index in [0.29, 0.717) is 12.2 Å². The van der Waals surface area contributed by atoms with Crippen molar-refractivity contribution in [3.05, 3.63) is 5.82 Å². The molecule has 9 heteroatoms. The van der Waals surface area contributed by atoms with Crippen molar-refractivity contribution in [2.45, 2.75) is 25.0 Å². The third-order valence-corrected chi connectivity index (χ3v) is 2.99. The molecule has 0 atom stereocenters. The van der Waals surface area contributed by atoms with E-state index in [1.165, 1.54) is 7.11 Å². The number of nitrogens with zero attached hydrogens (tertiary/aromatic N) is 3. The van der Waals surface area contributed by atoms with Crippen LogP contribution in [0.4, 0.5) is 0 Å². The van der Waals surface area contributed by atoms with Crippen LogP contribution in [0.3, 0.4) is 0 Å². The highest BCUT2D eigenvalue weighted by atomic mass is 35.7. The molecule has 0 fully saturated rings. The maximum absolute atomic E-state index is 11.1. The minimum atomic E-state index is -4.02. The molecule has 1 aromatic rings. The minimum absolute atomic E-state index is 0.284. The molecule has 0 bridgehead atoms. The molecule has 0 aliphatic heterocycles. The van der Waals surface area contributed by atoms with Gasteiger partial charge in [0.2, 0.25) is 0 Å². The van der Waals surface area contributed by atoms with E-state index >= 15 is 0 Å². The van der Waals surface area contributed by atoms with E-state index in [1.54, 1.807) is 6.92 Å². The monoisotopic (exact) mass is 267 g/mol. The Bertz CT molecular complexity index is 496. The number of aryl methyl sites for hydroxylation is 1. The topological polar surface area (TPSA) is 91.1 Å². The van der Waals surface area contributed by atoms with E-state index in [-0.39, 0.29) is 6.54 Å². The van der Waals surface area contributed by atoms with Crippen LogP contribution in [0.5, 0.6) is 0 Å². The Morgan fingerprint density at radius 1 is 1.50 bits per heavy atom. The Labute approximate surface area is 96.8 Å². The van der Waals surface area contributed by atoms with Gasteiger partial charge in [-0.2, -0.15) is 0 Å². The van der Waals surface area contributed by atoms with Gasteiger partial charge in [0.1, 0.15) is 12.4 Å². The first-order chi connectivity index (χ1) is 7.40. The third-order valence-electron chi connectivity index (χ3n) is 1.84. The average Bonchev–Trinajstić information content (AvgIpc) is 2.60. The van der Waals surface area contributed by atoms with Gasteiger partial charge in [-0.3, -0.25) is 9.36 Å². The summed E-state index contributed by atoms with van der Waals surface area (Å²) in [6.45, 7) is 1.47. The van der Waals surface area contributed by atoms with Gasteiger partial charge < -0.3 is 4.74 Å². The van der Waals surface area contributed by atoms with Gasteiger partial charge in [-0.05, 0) is 0 Å². The number of hydrogen-bond donors (Lipinski definition) is 0. The molecule has 0 aliphatic carbocycles. The first-order valence-electron chi connectivity index (χ1n) is 4.33. The lowest BCUT2D eigenvalue weighted by molar-refractivity contribution is -0.141. The lowest BCUT2D eigenvalue weighted by atomic mass is 10.4. The van der Waals surface area contributed by atoms with E-state index in [2.05, 4.69) is 14.9 Å².